The lowest BCUT2D eigenvalue weighted by molar-refractivity contribution is -0.170. The molecule has 0 radical (unpaired) electrons. The number of unbranched alkanes of at least 4 members (excludes halogenated alkanes) is 2. The number of anilines is 1. The number of fused-ring (bicyclic) bond motifs is 5. The molecule has 0 saturated heterocycles. The molecule has 55 heavy (non-hydrogen) atoms. The van der Waals surface area contributed by atoms with Crippen molar-refractivity contribution in [1.82, 2.24) is 10.6 Å². The van der Waals surface area contributed by atoms with Gasteiger partial charge >= 0.3 is 11.9 Å². The molecule has 0 unspecified atom stereocenters. The van der Waals surface area contributed by atoms with Crippen LogP contribution in [-0.2, 0) is 33.5 Å². The summed E-state index contributed by atoms with van der Waals surface area (Å²) < 4.78 is 5.25. The van der Waals surface area contributed by atoms with E-state index in [4.69, 9.17) is 9.94 Å². The van der Waals surface area contributed by atoms with Crippen LogP contribution in [0, 0.1) is 33.8 Å². The Balaban J connectivity index is 0.973. The van der Waals surface area contributed by atoms with Crippen molar-refractivity contribution in [3.8, 4) is 0 Å². The molecule has 4 aliphatic carbocycles. The third kappa shape index (κ3) is 8.95. The number of ketones is 2. The fourth-order valence-electron chi connectivity index (χ4n) is 10.0. The monoisotopic (exact) mass is 768 g/mol. The number of carbonyl (C=O) groups is 6. The molecular weight excluding hydrogens is 714 g/mol. The highest BCUT2D eigenvalue weighted by Crippen LogP contribution is 2.67. The maximum atomic E-state index is 13.5. The number of nitrogens with zero attached hydrogens (tertiary/aromatic N) is 1. The summed E-state index contributed by atoms with van der Waals surface area (Å²) in [6, 6.07) is 3.36. The summed E-state index contributed by atoms with van der Waals surface area (Å²) in [5, 5.41) is 56.6. The second-order valence-corrected chi connectivity index (χ2v) is 16.3. The topological polar surface area (TPSA) is 243 Å². The summed E-state index contributed by atoms with van der Waals surface area (Å²) in [6.45, 7) is 4.00. The number of rotatable bonds is 17. The number of allylic oxidation sites excluding steroid dienone is 1. The Morgan fingerprint density at radius 2 is 1.71 bits per heavy atom. The minimum atomic E-state index is -1.70. The fraction of sp³-hybridized carbons (Fsp3) is 0.650. The van der Waals surface area contributed by atoms with Crippen LogP contribution >= 0.6 is 0 Å². The molecule has 5 rings (SSSR count). The number of amides is 2. The van der Waals surface area contributed by atoms with Crippen molar-refractivity contribution in [3.63, 3.8) is 0 Å². The molecule has 0 aromatic heterocycles. The van der Waals surface area contributed by atoms with E-state index in [1.807, 2.05) is 13.0 Å². The number of aliphatic carboxylic acids is 1. The number of carboxylic acids is 1. The van der Waals surface area contributed by atoms with Crippen LogP contribution in [0.1, 0.15) is 115 Å². The number of carbonyl (C=O) groups excluding carboxylic acids is 5. The molecule has 302 valence electrons. The summed E-state index contributed by atoms with van der Waals surface area (Å²) >= 11 is 0. The van der Waals surface area contributed by atoms with Crippen LogP contribution in [0.2, 0.25) is 0 Å². The average Bonchev–Trinajstić information content (AvgIpc) is 3.44. The van der Waals surface area contributed by atoms with E-state index in [2.05, 4.69) is 17.6 Å². The smallest absolute Gasteiger partial charge is 0.329 e. The minimum absolute atomic E-state index is 0.0104. The van der Waals surface area contributed by atoms with E-state index in [1.54, 1.807) is 0 Å². The van der Waals surface area contributed by atoms with Crippen LogP contribution in [0.15, 0.2) is 35.9 Å². The SMILES string of the molecule is C[C@]12CCC(=O)C=C1CC[C@H]1[C@@H]2CC[C@]2(C)[C@H]1CC[C@]2(O)C(=O)COC(=O)CCC(=O)NCCCCCC(=O)N[C@H](C(=O)O)[C@H](O)c1cccc(N([O-])O)c1. The Morgan fingerprint density at radius 1 is 0.964 bits per heavy atom. The largest absolute Gasteiger partial charge is 0.733 e. The molecule has 0 aliphatic heterocycles. The highest BCUT2D eigenvalue weighted by molar-refractivity contribution is 5.92. The Hall–Kier alpha value is -4.18. The Morgan fingerprint density at radius 3 is 2.44 bits per heavy atom. The zero-order chi connectivity index (χ0) is 40.1. The Bertz CT molecular complexity index is 1680. The molecule has 1 aromatic carbocycles. The van der Waals surface area contributed by atoms with Crippen molar-refractivity contribution in [2.45, 2.75) is 121 Å². The predicted molar refractivity (Wildman–Crippen MR) is 197 cm³/mol. The van der Waals surface area contributed by atoms with Gasteiger partial charge in [0.2, 0.25) is 17.6 Å². The molecule has 15 heteroatoms. The first kappa shape index (κ1) is 42.0. The molecule has 3 fully saturated rings. The molecule has 0 spiro atoms. The van der Waals surface area contributed by atoms with E-state index >= 15 is 0 Å². The van der Waals surface area contributed by atoms with Crippen LogP contribution in [0.3, 0.4) is 0 Å². The maximum absolute atomic E-state index is 13.5. The summed E-state index contributed by atoms with van der Waals surface area (Å²) in [7, 11) is 0. The normalized spacial score (nSPS) is 29.4. The molecule has 6 N–H and O–H groups in total. The highest BCUT2D eigenvalue weighted by Gasteiger charge is 2.66. The number of carboxylic acid groups (broad SMARTS) is 1. The summed E-state index contributed by atoms with van der Waals surface area (Å²) in [5.41, 5.74) is -1.21. The fourth-order valence-corrected chi connectivity index (χ4v) is 10.0. The van der Waals surface area contributed by atoms with Gasteiger partial charge in [0.1, 0.15) is 11.7 Å². The number of benzene rings is 1. The predicted octanol–water partition coefficient (Wildman–Crippen LogP) is 3.81. The zero-order valence-electron chi connectivity index (χ0n) is 31.6. The standard InChI is InChI=1S/C40H54N3O12/c1-38-17-14-27(44)22-25(38)10-11-28-29(38)15-18-39(2)30(28)16-19-40(39,52)31(45)23-55-34(48)13-12-32(46)41-20-5-3-4-9-33(47)42-35(37(50)51)36(49)24-7-6-8-26(21-24)43(53)54/h6-8,21-22,28-30,35-36,49,52-53H,3-5,9-20,23H2,1-2H3,(H,41,46)(H,42,47)(H,50,51)/q-1/t28-,29-,30-,35-,36+,38-,39+,40-/m0/s1. The van der Waals surface area contributed by atoms with Gasteiger partial charge in [-0.3, -0.25) is 29.2 Å². The molecule has 4 aliphatic rings. The maximum Gasteiger partial charge on any atom is 0.329 e. The van der Waals surface area contributed by atoms with E-state index in [9.17, 15) is 49.3 Å². The van der Waals surface area contributed by atoms with Gasteiger partial charge in [-0.2, -0.15) is 0 Å². The Kier molecular flexibility index (Phi) is 13.2. The molecule has 0 bridgehead atoms. The van der Waals surface area contributed by atoms with Crippen LogP contribution in [-0.4, -0.2) is 80.6 Å². The van der Waals surface area contributed by atoms with Gasteiger partial charge < -0.3 is 41.1 Å². The van der Waals surface area contributed by atoms with Crippen LogP contribution in [0.5, 0.6) is 0 Å². The van der Waals surface area contributed by atoms with Gasteiger partial charge in [0, 0.05) is 31.2 Å². The van der Waals surface area contributed by atoms with Crippen molar-refractivity contribution >= 4 is 41.0 Å². The van der Waals surface area contributed by atoms with Crippen molar-refractivity contribution in [1.29, 1.82) is 0 Å². The van der Waals surface area contributed by atoms with Crippen molar-refractivity contribution < 1.29 is 54.0 Å². The first-order chi connectivity index (χ1) is 26.0. The Labute approximate surface area is 320 Å². The van der Waals surface area contributed by atoms with E-state index < -0.39 is 64.5 Å². The minimum Gasteiger partial charge on any atom is -0.733 e. The number of aliphatic hydroxyl groups is 2. The number of esters is 1. The van der Waals surface area contributed by atoms with E-state index in [0.717, 1.165) is 38.2 Å². The zero-order valence-corrected chi connectivity index (χ0v) is 31.6. The molecule has 8 atom stereocenters. The molecule has 2 amide bonds. The molecule has 1 aromatic rings. The van der Waals surface area contributed by atoms with Crippen molar-refractivity contribution in [2.75, 3.05) is 18.4 Å². The van der Waals surface area contributed by atoms with Crippen LogP contribution < -0.4 is 15.9 Å². The van der Waals surface area contributed by atoms with Crippen molar-refractivity contribution in [3.05, 3.63) is 46.7 Å². The van der Waals surface area contributed by atoms with E-state index in [0.29, 0.717) is 50.4 Å². The second-order valence-electron chi connectivity index (χ2n) is 16.3. The second kappa shape index (κ2) is 17.3. The summed E-state index contributed by atoms with van der Waals surface area (Å²) in [6.07, 6.45) is 6.91. The number of aliphatic hydroxyl groups excluding tert-OH is 1. The number of hydrogen-bond donors (Lipinski definition) is 6. The molecule has 3 saturated carbocycles. The van der Waals surface area contributed by atoms with Gasteiger partial charge in [-0.25, -0.2) is 4.79 Å². The lowest BCUT2D eigenvalue weighted by Crippen LogP contribution is -2.58. The van der Waals surface area contributed by atoms with Gasteiger partial charge in [0.15, 0.2) is 18.4 Å². The number of ether oxygens (including phenoxy) is 1. The summed E-state index contributed by atoms with van der Waals surface area (Å²) in [5.74, 6) is -2.60. The van der Waals surface area contributed by atoms with E-state index in [-0.39, 0.29) is 54.2 Å². The third-order valence-electron chi connectivity index (χ3n) is 13.2. The molecular formula is C40H54N3O12-. The summed E-state index contributed by atoms with van der Waals surface area (Å²) in [4.78, 5) is 74.6. The highest BCUT2D eigenvalue weighted by atomic mass is 16.8. The number of hydrogen-bond acceptors (Lipinski definition) is 12. The van der Waals surface area contributed by atoms with Gasteiger partial charge in [-0.15, -0.1) is 0 Å². The lowest BCUT2D eigenvalue weighted by atomic mass is 9.46. The van der Waals surface area contributed by atoms with Gasteiger partial charge in [-0.05, 0) is 105 Å². The molecule has 15 nitrogen and oxygen atoms in total. The lowest BCUT2D eigenvalue weighted by Gasteiger charge is -2.58. The van der Waals surface area contributed by atoms with Gasteiger partial charge in [-0.1, -0.05) is 38.0 Å². The third-order valence-corrected chi connectivity index (χ3v) is 13.2. The van der Waals surface area contributed by atoms with Gasteiger partial charge in [0.05, 0.1) is 12.1 Å². The average molecular weight is 769 g/mol. The van der Waals surface area contributed by atoms with Crippen molar-refractivity contribution in [2.24, 2.45) is 28.6 Å². The first-order valence-electron chi connectivity index (χ1n) is 19.4. The quantitative estimate of drug-likeness (QED) is 0.0751. The van der Waals surface area contributed by atoms with Crippen LogP contribution in [0.25, 0.3) is 0 Å². The van der Waals surface area contributed by atoms with Gasteiger partial charge in [0.25, 0.3) is 0 Å². The number of Topliss-reactive ketones (excluding diaryl/α,β-unsaturated/α-hetero) is 1. The molecule has 0 heterocycles. The van der Waals surface area contributed by atoms with Crippen LogP contribution in [0.4, 0.5) is 5.69 Å². The number of nitrogens with one attached hydrogen (secondary N) is 2. The first-order valence-corrected chi connectivity index (χ1v) is 19.4. The van der Waals surface area contributed by atoms with E-state index in [1.165, 1.54) is 23.8 Å².